The van der Waals surface area contributed by atoms with Crippen LogP contribution in [0.25, 0.3) is 10.8 Å². The summed E-state index contributed by atoms with van der Waals surface area (Å²) in [7, 11) is 0. The molecule has 0 aliphatic carbocycles. The van der Waals surface area contributed by atoms with Gasteiger partial charge in [0.05, 0.1) is 18.1 Å². The number of benzene rings is 1. The highest BCUT2D eigenvalue weighted by molar-refractivity contribution is 5.85. The molecular formula is C15H21ClN4O2. The normalized spacial score (nSPS) is 13.2. The van der Waals surface area contributed by atoms with Crippen molar-refractivity contribution in [1.82, 2.24) is 15.1 Å². The summed E-state index contributed by atoms with van der Waals surface area (Å²) in [5.74, 6) is -0.119. The van der Waals surface area contributed by atoms with Gasteiger partial charge in [-0.3, -0.25) is 9.59 Å². The van der Waals surface area contributed by atoms with Crippen LogP contribution in [-0.2, 0) is 11.3 Å². The molecule has 120 valence electrons. The topological polar surface area (TPSA) is 90.0 Å². The van der Waals surface area contributed by atoms with Crippen molar-refractivity contribution in [3.63, 3.8) is 0 Å². The summed E-state index contributed by atoms with van der Waals surface area (Å²) in [6.07, 6.45) is 1.93. The van der Waals surface area contributed by atoms with Crippen LogP contribution in [0, 0.1) is 0 Å². The predicted molar refractivity (Wildman–Crippen MR) is 89.1 cm³/mol. The first-order chi connectivity index (χ1) is 9.97. The number of nitrogens with zero attached hydrogens (tertiary/aromatic N) is 2. The molecule has 0 aliphatic rings. The molecule has 2 unspecified atom stereocenters. The standard InChI is InChI=1S/C15H20N4O2.ClH/c1-10(16)7-14(20)18-11(2)9-19-15(21)13-6-4-3-5-12(13)8-17-19;/h3-6,8,10-11H,7,9,16H2,1-2H3,(H,18,20);1H. The van der Waals surface area contributed by atoms with Gasteiger partial charge in [-0.25, -0.2) is 4.68 Å². The van der Waals surface area contributed by atoms with Crippen molar-refractivity contribution in [3.05, 3.63) is 40.8 Å². The number of aromatic nitrogens is 2. The van der Waals surface area contributed by atoms with E-state index in [2.05, 4.69) is 10.4 Å². The van der Waals surface area contributed by atoms with E-state index in [1.54, 1.807) is 19.2 Å². The van der Waals surface area contributed by atoms with Gasteiger partial charge in [0.15, 0.2) is 0 Å². The van der Waals surface area contributed by atoms with Gasteiger partial charge < -0.3 is 11.1 Å². The highest BCUT2D eigenvalue weighted by Crippen LogP contribution is 2.06. The molecule has 1 heterocycles. The summed E-state index contributed by atoms with van der Waals surface area (Å²) in [5, 5.41) is 8.40. The third-order valence-electron chi connectivity index (χ3n) is 3.12. The average molecular weight is 325 g/mol. The minimum atomic E-state index is -0.192. The Kier molecular flexibility index (Phi) is 6.52. The summed E-state index contributed by atoms with van der Waals surface area (Å²) in [4.78, 5) is 23.9. The molecule has 3 N–H and O–H groups in total. The van der Waals surface area contributed by atoms with E-state index < -0.39 is 0 Å². The third kappa shape index (κ3) is 4.54. The van der Waals surface area contributed by atoms with E-state index in [0.29, 0.717) is 11.9 Å². The van der Waals surface area contributed by atoms with Gasteiger partial charge in [0.1, 0.15) is 0 Å². The molecule has 22 heavy (non-hydrogen) atoms. The molecule has 7 heteroatoms. The van der Waals surface area contributed by atoms with Crippen molar-refractivity contribution in [2.45, 2.75) is 38.9 Å². The van der Waals surface area contributed by atoms with Crippen molar-refractivity contribution >= 4 is 29.1 Å². The number of amides is 1. The van der Waals surface area contributed by atoms with E-state index in [1.165, 1.54) is 4.68 Å². The summed E-state index contributed by atoms with van der Waals surface area (Å²) in [5.41, 5.74) is 5.43. The van der Waals surface area contributed by atoms with Crippen LogP contribution in [0.2, 0.25) is 0 Å². The Morgan fingerprint density at radius 1 is 1.36 bits per heavy atom. The van der Waals surface area contributed by atoms with Gasteiger partial charge >= 0.3 is 0 Å². The molecule has 0 aliphatic heterocycles. The number of hydrogen-bond acceptors (Lipinski definition) is 4. The molecule has 0 fully saturated rings. The molecule has 1 aromatic heterocycles. The number of carbonyl (C=O) groups excluding carboxylic acids is 1. The second kappa shape index (κ2) is 7.91. The Balaban J connectivity index is 0.00000242. The lowest BCUT2D eigenvalue weighted by Gasteiger charge is -2.15. The fourth-order valence-electron chi connectivity index (χ4n) is 2.19. The van der Waals surface area contributed by atoms with Gasteiger partial charge in [-0.05, 0) is 19.9 Å². The number of carbonyl (C=O) groups is 1. The Morgan fingerprint density at radius 2 is 2.05 bits per heavy atom. The Labute approximate surface area is 135 Å². The molecule has 2 aromatic rings. The van der Waals surface area contributed by atoms with Crippen LogP contribution in [-0.4, -0.2) is 27.8 Å². The monoisotopic (exact) mass is 324 g/mol. The van der Waals surface area contributed by atoms with Crippen molar-refractivity contribution in [2.75, 3.05) is 0 Å². The predicted octanol–water partition coefficient (Wildman–Crippen LogP) is 1.06. The van der Waals surface area contributed by atoms with E-state index in [0.717, 1.165) is 5.39 Å². The zero-order valence-corrected chi connectivity index (χ0v) is 13.5. The third-order valence-corrected chi connectivity index (χ3v) is 3.12. The van der Waals surface area contributed by atoms with Crippen LogP contribution in [0.1, 0.15) is 20.3 Å². The molecule has 0 saturated heterocycles. The number of nitrogens with two attached hydrogens (primary N) is 1. The molecule has 0 radical (unpaired) electrons. The fraction of sp³-hybridized carbons (Fsp3) is 0.400. The number of halogens is 1. The van der Waals surface area contributed by atoms with Crippen molar-refractivity contribution < 1.29 is 4.79 Å². The highest BCUT2D eigenvalue weighted by Gasteiger charge is 2.11. The zero-order valence-electron chi connectivity index (χ0n) is 12.7. The summed E-state index contributed by atoms with van der Waals surface area (Å²) in [6, 6.07) is 6.94. The number of rotatable bonds is 5. The maximum Gasteiger partial charge on any atom is 0.274 e. The van der Waals surface area contributed by atoms with Gasteiger partial charge in [-0.1, -0.05) is 18.2 Å². The Morgan fingerprint density at radius 3 is 2.73 bits per heavy atom. The molecule has 2 rings (SSSR count). The van der Waals surface area contributed by atoms with Gasteiger partial charge in [0, 0.05) is 23.9 Å². The van der Waals surface area contributed by atoms with Crippen molar-refractivity contribution in [3.8, 4) is 0 Å². The van der Waals surface area contributed by atoms with E-state index in [1.807, 2.05) is 25.1 Å². The molecule has 0 saturated carbocycles. The van der Waals surface area contributed by atoms with Crippen LogP contribution in [0.3, 0.4) is 0 Å². The van der Waals surface area contributed by atoms with E-state index in [4.69, 9.17) is 5.73 Å². The lowest BCUT2D eigenvalue weighted by Crippen LogP contribution is -2.40. The van der Waals surface area contributed by atoms with Gasteiger partial charge in [0.2, 0.25) is 5.91 Å². The van der Waals surface area contributed by atoms with Gasteiger partial charge in [0.25, 0.3) is 5.56 Å². The number of fused-ring (bicyclic) bond motifs is 1. The van der Waals surface area contributed by atoms with E-state index in [-0.39, 0.29) is 42.4 Å². The first-order valence-electron chi connectivity index (χ1n) is 6.97. The largest absolute Gasteiger partial charge is 0.352 e. The van der Waals surface area contributed by atoms with Crippen LogP contribution in [0.5, 0.6) is 0 Å². The van der Waals surface area contributed by atoms with Crippen LogP contribution >= 0.6 is 12.4 Å². The average Bonchev–Trinajstić information content (AvgIpc) is 2.41. The van der Waals surface area contributed by atoms with Crippen LogP contribution < -0.4 is 16.6 Å². The van der Waals surface area contributed by atoms with Gasteiger partial charge in [-0.15, -0.1) is 12.4 Å². The second-order valence-electron chi connectivity index (χ2n) is 5.37. The Hall–Kier alpha value is -1.92. The first-order valence-corrected chi connectivity index (χ1v) is 6.97. The summed E-state index contributed by atoms with van der Waals surface area (Å²) < 4.78 is 1.37. The number of hydrogen-bond donors (Lipinski definition) is 2. The molecule has 6 nitrogen and oxygen atoms in total. The highest BCUT2D eigenvalue weighted by atomic mass is 35.5. The molecule has 0 spiro atoms. The lowest BCUT2D eigenvalue weighted by molar-refractivity contribution is -0.122. The molecule has 1 amide bonds. The van der Waals surface area contributed by atoms with E-state index in [9.17, 15) is 9.59 Å². The molecule has 0 bridgehead atoms. The van der Waals surface area contributed by atoms with Gasteiger partial charge in [-0.2, -0.15) is 5.10 Å². The number of nitrogens with one attached hydrogen (secondary N) is 1. The fourth-order valence-corrected chi connectivity index (χ4v) is 2.19. The SMILES string of the molecule is CC(N)CC(=O)NC(C)Cn1ncc2ccccc2c1=O.Cl. The minimum Gasteiger partial charge on any atom is -0.352 e. The Bertz CT molecular complexity index is 699. The maximum absolute atomic E-state index is 12.3. The smallest absolute Gasteiger partial charge is 0.274 e. The summed E-state index contributed by atoms with van der Waals surface area (Å²) in [6.45, 7) is 3.94. The first kappa shape index (κ1) is 18.1. The van der Waals surface area contributed by atoms with Crippen molar-refractivity contribution in [1.29, 1.82) is 0 Å². The van der Waals surface area contributed by atoms with Crippen LogP contribution in [0.15, 0.2) is 35.3 Å². The molecular weight excluding hydrogens is 304 g/mol. The van der Waals surface area contributed by atoms with Crippen molar-refractivity contribution in [2.24, 2.45) is 5.73 Å². The quantitative estimate of drug-likeness (QED) is 0.860. The second-order valence-corrected chi connectivity index (χ2v) is 5.37. The minimum absolute atomic E-state index is 0. The molecule has 2 atom stereocenters. The van der Waals surface area contributed by atoms with Crippen LogP contribution in [0.4, 0.5) is 0 Å². The zero-order chi connectivity index (χ0) is 15.4. The maximum atomic E-state index is 12.3. The summed E-state index contributed by atoms with van der Waals surface area (Å²) >= 11 is 0. The van der Waals surface area contributed by atoms with E-state index >= 15 is 0 Å². The lowest BCUT2D eigenvalue weighted by atomic mass is 10.2. The molecule has 1 aromatic carbocycles.